The first-order chi connectivity index (χ1) is 18.0. The Morgan fingerprint density at radius 1 is 1.08 bits per heavy atom. The third-order valence-electron chi connectivity index (χ3n) is 7.34. The summed E-state index contributed by atoms with van der Waals surface area (Å²) in [5.41, 5.74) is 12.4. The fourth-order valence-electron chi connectivity index (χ4n) is 5.02. The number of urea groups is 1. The van der Waals surface area contributed by atoms with Crippen LogP contribution in [0.1, 0.15) is 45.6 Å². The van der Waals surface area contributed by atoms with Gasteiger partial charge in [0.2, 0.25) is 5.91 Å². The first kappa shape index (κ1) is 27.7. The molecule has 2 aliphatic heterocycles. The number of nitrogens with zero attached hydrogens (tertiary/aromatic N) is 5. The van der Waals surface area contributed by atoms with Crippen molar-refractivity contribution in [2.75, 3.05) is 38.0 Å². The van der Waals surface area contributed by atoms with Crippen molar-refractivity contribution in [2.45, 2.75) is 64.2 Å². The van der Waals surface area contributed by atoms with Crippen molar-refractivity contribution in [3.05, 3.63) is 52.6 Å². The highest BCUT2D eigenvalue weighted by molar-refractivity contribution is 5.89. The third-order valence-corrected chi connectivity index (χ3v) is 7.34. The van der Waals surface area contributed by atoms with E-state index in [-0.39, 0.29) is 23.8 Å². The fraction of sp³-hybridized carbons (Fsp3) is 0.556. The van der Waals surface area contributed by atoms with E-state index >= 15 is 0 Å². The van der Waals surface area contributed by atoms with E-state index in [1.54, 1.807) is 35.9 Å². The van der Waals surface area contributed by atoms with Crippen molar-refractivity contribution in [1.29, 1.82) is 0 Å². The summed E-state index contributed by atoms with van der Waals surface area (Å²) in [6, 6.07) is 9.29. The molecule has 38 heavy (non-hydrogen) atoms. The van der Waals surface area contributed by atoms with Crippen molar-refractivity contribution in [2.24, 2.45) is 11.5 Å². The van der Waals surface area contributed by atoms with E-state index < -0.39 is 11.2 Å². The number of hydrogen-bond acceptors (Lipinski definition) is 7. The zero-order valence-corrected chi connectivity index (χ0v) is 22.6. The van der Waals surface area contributed by atoms with Crippen molar-refractivity contribution in [3.8, 4) is 5.69 Å². The standard InChI is InChI=1S/C27H40N8O3/c1-4-21-18-33(15-16-34(21)24(36)27(2,3)29)25(37)30-23-11-14-35(26(38)31-23)22-7-5-19(6-8-22)17-32-12-9-20(28)10-13-32/h5-8,11,14,20-21H,4,9-10,12-13,15-18,28-29H2,1-3H3,(H,30,31,37,38). The molecule has 0 saturated carbocycles. The molecule has 1 aromatic heterocycles. The molecule has 1 aromatic carbocycles. The Bertz CT molecular complexity index is 1180. The Morgan fingerprint density at radius 2 is 1.76 bits per heavy atom. The molecule has 5 N–H and O–H groups in total. The molecule has 2 aromatic rings. The van der Waals surface area contributed by atoms with Crippen LogP contribution in [0.25, 0.3) is 5.69 Å². The van der Waals surface area contributed by atoms with Gasteiger partial charge in [-0.15, -0.1) is 0 Å². The summed E-state index contributed by atoms with van der Waals surface area (Å²) in [7, 11) is 0. The number of nitrogens with two attached hydrogens (primary N) is 2. The Labute approximate surface area is 223 Å². The summed E-state index contributed by atoms with van der Waals surface area (Å²) in [4.78, 5) is 48.2. The molecule has 0 radical (unpaired) electrons. The number of nitrogens with one attached hydrogen (secondary N) is 1. The summed E-state index contributed by atoms with van der Waals surface area (Å²) in [5.74, 6) is 0.0600. The summed E-state index contributed by atoms with van der Waals surface area (Å²) in [6.07, 6.45) is 4.35. The summed E-state index contributed by atoms with van der Waals surface area (Å²) >= 11 is 0. The summed E-state index contributed by atoms with van der Waals surface area (Å²) in [6.45, 7) is 9.38. The molecule has 0 bridgehead atoms. The van der Waals surface area contributed by atoms with Crippen molar-refractivity contribution in [3.63, 3.8) is 0 Å². The zero-order chi connectivity index (χ0) is 27.4. The molecule has 4 rings (SSSR count). The molecular formula is C27H40N8O3. The lowest BCUT2D eigenvalue weighted by Crippen LogP contribution is -2.62. The highest BCUT2D eigenvalue weighted by atomic mass is 16.2. The highest BCUT2D eigenvalue weighted by Gasteiger charge is 2.36. The van der Waals surface area contributed by atoms with E-state index in [0.29, 0.717) is 37.8 Å². The van der Waals surface area contributed by atoms with Crippen LogP contribution in [-0.4, -0.2) is 86.5 Å². The second-order valence-electron chi connectivity index (χ2n) is 10.9. The molecular weight excluding hydrogens is 484 g/mol. The molecule has 0 spiro atoms. The van der Waals surface area contributed by atoms with E-state index in [1.165, 1.54) is 10.1 Å². The molecule has 1 unspecified atom stereocenters. The van der Waals surface area contributed by atoms with Crippen molar-refractivity contribution in [1.82, 2.24) is 24.3 Å². The molecule has 3 heterocycles. The van der Waals surface area contributed by atoms with Gasteiger partial charge in [0, 0.05) is 44.5 Å². The number of amides is 3. The molecule has 2 saturated heterocycles. The van der Waals surface area contributed by atoms with E-state index in [9.17, 15) is 14.4 Å². The lowest BCUT2D eigenvalue weighted by molar-refractivity contribution is -0.140. The number of rotatable bonds is 6. The van der Waals surface area contributed by atoms with Gasteiger partial charge in [0.25, 0.3) is 0 Å². The van der Waals surface area contributed by atoms with E-state index in [0.717, 1.165) is 32.5 Å². The lowest BCUT2D eigenvalue weighted by atomic mass is 10.0. The van der Waals surface area contributed by atoms with Gasteiger partial charge in [0.05, 0.1) is 11.2 Å². The van der Waals surface area contributed by atoms with Crippen LogP contribution in [0.3, 0.4) is 0 Å². The quantitative estimate of drug-likeness (QED) is 0.518. The number of piperidine rings is 1. The maximum Gasteiger partial charge on any atom is 0.354 e. The SMILES string of the molecule is CCC1CN(C(=O)Nc2ccn(-c3ccc(CN4CCC(N)CC4)cc3)c(=O)n2)CCN1C(=O)C(C)(C)N. The Kier molecular flexibility index (Phi) is 8.49. The van der Waals surface area contributed by atoms with E-state index in [2.05, 4.69) is 15.2 Å². The summed E-state index contributed by atoms with van der Waals surface area (Å²) < 4.78 is 1.45. The molecule has 11 heteroatoms. The number of hydrogen-bond donors (Lipinski definition) is 3. The van der Waals surface area contributed by atoms with Gasteiger partial charge in [0.1, 0.15) is 5.82 Å². The fourth-order valence-corrected chi connectivity index (χ4v) is 5.02. The third kappa shape index (κ3) is 6.58. The van der Waals surface area contributed by atoms with Gasteiger partial charge in [-0.3, -0.25) is 19.6 Å². The number of carbonyl (C=O) groups excluding carboxylic acids is 2. The number of carbonyl (C=O) groups is 2. The monoisotopic (exact) mass is 524 g/mol. The Hall–Kier alpha value is -3.28. The number of piperazine rings is 1. The van der Waals surface area contributed by atoms with Gasteiger partial charge < -0.3 is 21.3 Å². The smallest absolute Gasteiger partial charge is 0.335 e. The van der Waals surface area contributed by atoms with Gasteiger partial charge in [-0.1, -0.05) is 19.1 Å². The maximum atomic E-state index is 12.9. The lowest BCUT2D eigenvalue weighted by Gasteiger charge is -2.43. The molecule has 11 nitrogen and oxygen atoms in total. The maximum absolute atomic E-state index is 12.9. The van der Waals surface area contributed by atoms with E-state index in [4.69, 9.17) is 11.5 Å². The number of likely N-dealkylation sites (tertiary alicyclic amines) is 1. The molecule has 3 amide bonds. The minimum Gasteiger partial charge on any atom is -0.335 e. The van der Waals surface area contributed by atoms with Gasteiger partial charge in [0.15, 0.2) is 0 Å². The predicted molar refractivity (Wildman–Crippen MR) is 147 cm³/mol. The van der Waals surface area contributed by atoms with Crippen LogP contribution in [0, 0.1) is 0 Å². The molecule has 2 fully saturated rings. The number of anilines is 1. The van der Waals surface area contributed by atoms with Crippen LogP contribution >= 0.6 is 0 Å². The van der Waals surface area contributed by atoms with Gasteiger partial charge in [-0.05, 0) is 70.0 Å². The van der Waals surface area contributed by atoms with Crippen LogP contribution in [0.4, 0.5) is 10.6 Å². The molecule has 206 valence electrons. The van der Waals surface area contributed by atoms with Crippen LogP contribution in [0.5, 0.6) is 0 Å². The van der Waals surface area contributed by atoms with Crippen molar-refractivity contribution < 1.29 is 9.59 Å². The second kappa shape index (κ2) is 11.6. The van der Waals surface area contributed by atoms with Crippen LogP contribution in [-0.2, 0) is 11.3 Å². The largest absolute Gasteiger partial charge is 0.354 e. The number of benzene rings is 1. The highest BCUT2D eigenvalue weighted by Crippen LogP contribution is 2.18. The topological polar surface area (TPSA) is 143 Å². The first-order valence-electron chi connectivity index (χ1n) is 13.4. The van der Waals surface area contributed by atoms with Gasteiger partial charge in [-0.25, -0.2) is 9.59 Å². The van der Waals surface area contributed by atoms with Crippen LogP contribution in [0.15, 0.2) is 41.3 Å². The van der Waals surface area contributed by atoms with Crippen LogP contribution in [0.2, 0.25) is 0 Å². The number of aromatic nitrogens is 2. The predicted octanol–water partition coefficient (Wildman–Crippen LogP) is 1.35. The van der Waals surface area contributed by atoms with Crippen molar-refractivity contribution >= 4 is 17.8 Å². The average Bonchev–Trinajstić information content (AvgIpc) is 2.89. The van der Waals surface area contributed by atoms with Gasteiger partial charge in [-0.2, -0.15) is 4.98 Å². The first-order valence-corrected chi connectivity index (χ1v) is 13.4. The summed E-state index contributed by atoms with van der Waals surface area (Å²) in [5, 5.41) is 2.73. The zero-order valence-electron chi connectivity index (χ0n) is 22.6. The van der Waals surface area contributed by atoms with E-state index in [1.807, 2.05) is 31.2 Å². The molecule has 0 aliphatic carbocycles. The van der Waals surface area contributed by atoms with Gasteiger partial charge >= 0.3 is 11.7 Å². The average molecular weight is 525 g/mol. The normalized spacial score (nSPS) is 19.4. The minimum atomic E-state index is -0.964. The molecule has 2 aliphatic rings. The molecule has 1 atom stereocenters. The Balaban J connectivity index is 1.36. The van der Waals surface area contributed by atoms with Crippen LogP contribution < -0.4 is 22.5 Å². The minimum absolute atomic E-state index is 0.124. The Morgan fingerprint density at radius 3 is 2.37 bits per heavy atom. The second-order valence-corrected chi connectivity index (χ2v) is 10.9.